The van der Waals surface area contributed by atoms with Crippen LogP contribution in [-0.4, -0.2) is 152 Å². The molecule has 0 radical (unpaired) electrons. The summed E-state index contributed by atoms with van der Waals surface area (Å²) in [4.78, 5) is 71.8. The highest BCUT2D eigenvalue weighted by Crippen LogP contribution is 2.42. The smallest absolute Gasteiger partial charge is 0.470 e. The van der Waals surface area contributed by atoms with Crippen LogP contribution < -0.4 is 10.6 Å². The molecule has 0 spiro atoms. The van der Waals surface area contributed by atoms with Crippen LogP contribution in [0.4, 0.5) is 0 Å². The van der Waals surface area contributed by atoms with Crippen LogP contribution in [0.1, 0.15) is 271 Å². The number of rotatable bonds is 59. The molecule has 19 nitrogen and oxygen atoms in total. The zero-order chi connectivity index (χ0) is 62.0. The van der Waals surface area contributed by atoms with E-state index in [2.05, 4.69) is 43.6 Å². The van der Waals surface area contributed by atoms with E-state index in [1.807, 2.05) is 0 Å². The standard InChI is InChI=1S/C65H121N2O17P/c1-5-8-11-14-17-20-22-23-25-30-35-40-45-78-46-41-36-31-27-28-33-38-43-48-80-62-58(66-52-68)65(83-55(50-77-4)60(62)84-85(74,75)76)81-51-54-59(71)61(79-47-42-37-32-26-21-18-15-12-9-6-2)57(63(82-54)64(72)73)67-56(70)49-53(69)44-39-34-29-24-19-16-13-10-7-3/h20,22,52,54-55,57-63,65,71H,5-19,21,23-51H2,1-4H3,(H,66,68)(H,67,70)(H,72,73)(H2,74,75,76)/b22-20-/t54-,55-,57-,58-,59-,60-,61-,62-,63+,65-/m1/s1. The number of unbranched alkanes of at least 4 members (excludes halogenated alkanes) is 32. The van der Waals surface area contributed by atoms with Crippen molar-refractivity contribution in [2.24, 2.45) is 0 Å². The number of aliphatic hydroxyl groups is 1. The maximum atomic E-state index is 13.5. The number of hydrogen-bond donors (Lipinski definition) is 6. The molecule has 0 bridgehead atoms. The van der Waals surface area contributed by atoms with Gasteiger partial charge in [-0.25, -0.2) is 9.36 Å². The molecule has 2 aliphatic rings. The number of phosphoric ester groups is 1. The predicted octanol–water partition coefficient (Wildman–Crippen LogP) is 12.9. The highest BCUT2D eigenvalue weighted by atomic mass is 31.2. The van der Waals surface area contributed by atoms with Crippen molar-refractivity contribution in [3.05, 3.63) is 12.2 Å². The molecule has 0 aromatic heterocycles. The Morgan fingerprint density at radius 2 is 0.976 bits per heavy atom. The van der Waals surface area contributed by atoms with Gasteiger partial charge >= 0.3 is 13.8 Å². The SMILES string of the molecule is CCCCCC/C=C\CCCCCCOCCCCCCCCCCO[C@@H]1[C@@H](NC=O)[C@H](OC[C@H]2O[C@H](C(=O)O)[C@H](NC(=O)CC(=O)CCCCCCCCCCC)[C@@H](OCCCCCCCCCCCC)[C@@H]2O)O[C@H](COC)[C@H]1OP(=O)(O)O. The van der Waals surface area contributed by atoms with Crippen molar-refractivity contribution < 1.29 is 81.4 Å². The second-order valence-corrected chi connectivity index (χ2v) is 25.0. The minimum Gasteiger partial charge on any atom is -0.479 e. The van der Waals surface area contributed by atoms with Crippen LogP contribution in [0.25, 0.3) is 0 Å². The van der Waals surface area contributed by atoms with E-state index in [1.54, 1.807) is 0 Å². The van der Waals surface area contributed by atoms with Crippen molar-refractivity contribution in [3.8, 4) is 0 Å². The zero-order valence-corrected chi connectivity index (χ0v) is 54.3. The zero-order valence-electron chi connectivity index (χ0n) is 53.4. The number of allylic oxidation sites excluding steroid dienone is 2. The van der Waals surface area contributed by atoms with Gasteiger partial charge in [0.15, 0.2) is 12.4 Å². The van der Waals surface area contributed by atoms with Crippen LogP contribution in [-0.2, 0) is 61.4 Å². The molecule has 2 heterocycles. The summed E-state index contributed by atoms with van der Waals surface area (Å²) in [5, 5.41) is 27.9. The summed E-state index contributed by atoms with van der Waals surface area (Å²) in [5.41, 5.74) is 0. The number of phosphoric acid groups is 1. The minimum absolute atomic E-state index is 0.142. The summed E-state index contributed by atoms with van der Waals surface area (Å²) < 4.78 is 60.0. The molecule has 2 aliphatic heterocycles. The third-order valence-corrected chi connectivity index (χ3v) is 16.7. The van der Waals surface area contributed by atoms with Crippen LogP contribution in [0.3, 0.4) is 0 Å². The van der Waals surface area contributed by atoms with Gasteiger partial charge < -0.3 is 63.8 Å². The highest BCUT2D eigenvalue weighted by Gasteiger charge is 2.53. The van der Waals surface area contributed by atoms with Gasteiger partial charge in [0, 0.05) is 40.0 Å². The fraction of sp³-hybridized carbons (Fsp3) is 0.908. The molecule has 0 aromatic rings. The molecule has 2 saturated heterocycles. The van der Waals surface area contributed by atoms with E-state index >= 15 is 0 Å². The first kappa shape index (κ1) is 78.7. The lowest BCUT2D eigenvalue weighted by Crippen LogP contribution is -2.68. The molecule has 2 amide bonds. The Balaban J connectivity index is 2.03. The number of ketones is 1. The summed E-state index contributed by atoms with van der Waals surface area (Å²) in [5.74, 6) is -2.43. The highest BCUT2D eigenvalue weighted by molar-refractivity contribution is 7.46. The Hall–Kier alpha value is -2.39. The topological polar surface area (TPSA) is 264 Å². The number of amides is 2. The summed E-state index contributed by atoms with van der Waals surface area (Å²) in [6, 6.07) is -2.61. The quantitative estimate of drug-likeness (QED) is 0.0109. The normalized spacial score (nSPS) is 22.7. The Morgan fingerprint density at radius 3 is 1.45 bits per heavy atom. The van der Waals surface area contributed by atoms with Gasteiger partial charge in [-0.2, -0.15) is 0 Å². The van der Waals surface area contributed by atoms with Crippen molar-refractivity contribution in [3.63, 3.8) is 0 Å². The fourth-order valence-electron chi connectivity index (χ4n) is 11.3. The maximum Gasteiger partial charge on any atom is 0.470 e. The fourth-order valence-corrected chi connectivity index (χ4v) is 11.9. The van der Waals surface area contributed by atoms with Gasteiger partial charge in [-0.15, -0.1) is 0 Å². The minimum atomic E-state index is -5.17. The van der Waals surface area contributed by atoms with E-state index in [-0.39, 0.29) is 32.0 Å². The number of carbonyl (C=O) groups is 4. The Bertz CT molecular complexity index is 1730. The van der Waals surface area contributed by atoms with E-state index in [4.69, 9.17) is 37.7 Å². The maximum absolute atomic E-state index is 13.5. The van der Waals surface area contributed by atoms with Gasteiger partial charge in [0.2, 0.25) is 12.3 Å². The number of aliphatic carboxylic acids is 1. The summed E-state index contributed by atoms with van der Waals surface area (Å²) >= 11 is 0. The molecule has 6 N–H and O–H groups in total. The molecule has 0 saturated carbocycles. The van der Waals surface area contributed by atoms with Crippen LogP contribution >= 0.6 is 7.82 Å². The van der Waals surface area contributed by atoms with Crippen LogP contribution in [0.2, 0.25) is 0 Å². The van der Waals surface area contributed by atoms with Crippen molar-refractivity contribution in [1.82, 2.24) is 10.6 Å². The number of carbonyl (C=O) groups excluding carboxylic acids is 3. The molecule has 2 rings (SSSR count). The molecule has 2 fully saturated rings. The van der Waals surface area contributed by atoms with E-state index < -0.39 is 93.8 Å². The van der Waals surface area contributed by atoms with E-state index in [0.717, 1.165) is 116 Å². The Labute approximate surface area is 513 Å². The molecular formula is C65H121N2O17P. The average molecular weight is 1230 g/mol. The predicted molar refractivity (Wildman–Crippen MR) is 332 cm³/mol. The van der Waals surface area contributed by atoms with E-state index in [9.17, 15) is 43.7 Å². The number of Topliss-reactive ketones (excluding diaryl/α,β-unsaturated/α-hetero) is 1. The molecule has 0 unspecified atom stereocenters. The van der Waals surface area contributed by atoms with Crippen LogP contribution in [0.15, 0.2) is 12.2 Å². The lowest BCUT2D eigenvalue weighted by molar-refractivity contribution is -0.289. The lowest BCUT2D eigenvalue weighted by atomic mass is 9.92. The third kappa shape index (κ3) is 38.7. The number of methoxy groups -OCH3 is 1. The summed E-state index contributed by atoms with van der Waals surface area (Å²) in [6.07, 6.45) is 34.1. The molecule has 10 atom stereocenters. The second-order valence-electron chi connectivity index (χ2n) is 23.8. The molecule has 0 aliphatic carbocycles. The lowest BCUT2D eigenvalue weighted by Gasteiger charge is -2.47. The number of carboxylic acid groups (broad SMARTS) is 1. The van der Waals surface area contributed by atoms with Crippen molar-refractivity contribution in [2.75, 3.05) is 46.8 Å². The van der Waals surface area contributed by atoms with Crippen molar-refractivity contribution in [2.45, 2.75) is 332 Å². The second kappa shape index (κ2) is 52.4. The molecular weight excluding hydrogens is 1110 g/mol. The molecule has 498 valence electrons. The average Bonchev–Trinajstić information content (AvgIpc) is 1.60. The van der Waals surface area contributed by atoms with Crippen LogP contribution in [0.5, 0.6) is 0 Å². The first-order chi connectivity index (χ1) is 41.3. The third-order valence-electron chi connectivity index (χ3n) is 16.2. The van der Waals surface area contributed by atoms with Gasteiger partial charge in [-0.1, -0.05) is 213 Å². The van der Waals surface area contributed by atoms with Gasteiger partial charge in [-0.05, 0) is 57.8 Å². The number of nitrogens with one attached hydrogen (secondary N) is 2. The Kier molecular flexibility index (Phi) is 48.5. The molecule has 85 heavy (non-hydrogen) atoms. The van der Waals surface area contributed by atoms with E-state index in [0.29, 0.717) is 25.7 Å². The summed E-state index contributed by atoms with van der Waals surface area (Å²) in [6.45, 7) is 7.77. The number of ether oxygens (including phenoxy) is 7. The van der Waals surface area contributed by atoms with Gasteiger partial charge in [0.1, 0.15) is 48.4 Å². The van der Waals surface area contributed by atoms with Crippen molar-refractivity contribution >= 4 is 31.9 Å². The number of aliphatic hydroxyl groups excluding tert-OH is 1. The monoisotopic (exact) mass is 1230 g/mol. The van der Waals surface area contributed by atoms with Gasteiger partial charge in [0.05, 0.1) is 25.7 Å². The number of hydrogen-bond acceptors (Lipinski definition) is 14. The van der Waals surface area contributed by atoms with Gasteiger partial charge in [0.25, 0.3) is 0 Å². The van der Waals surface area contributed by atoms with Crippen LogP contribution in [0, 0.1) is 0 Å². The summed E-state index contributed by atoms with van der Waals surface area (Å²) in [7, 11) is -3.80. The first-order valence-corrected chi connectivity index (χ1v) is 35.4. The molecule has 0 aromatic carbocycles. The molecule has 20 heteroatoms. The van der Waals surface area contributed by atoms with Gasteiger partial charge in [-0.3, -0.25) is 18.9 Å². The van der Waals surface area contributed by atoms with E-state index in [1.165, 1.54) is 123 Å². The largest absolute Gasteiger partial charge is 0.479 e. The first-order valence-electron chi connectivity index (χ1n) is 33.8. The Morgan fingerprint density at radius 1 is 0.529 bits per heavy atom. The van der Waals surface area contributed by atoms with Crippen molar-refractivity contribution in [1.29, 1.82) is 0 Å². The number of carboxylic acids is 1.